The minimum absolute atomic E-state index is 0.0344. The van der Waals surface area contributed by atoms with E-state index in [4.69, 9.17) is 16.3 Å². The van der Waals surface area contributed by atoms with Crippen molar-refractivity contribution >= 4 is 28.9 Å². The number of ether oxygens (including phenoxy) is 1. The van der Waals surface area contributed by atoms with Crippen molar-refractivity contribution in [1.29, 1.82) is 0 Å². The maximum atomic E-state index is 13.7. The number of carbonyl (C=O) groups is 1. The summed E-state index contributed by atoms with van der Waals surface area (Å²) >= 11 is 5.89. The van der Waals surface area contributed by atoms with Crippen LogP contribution in [0.1, 0.15) is 28.8 Å². The summed E-state index contributed by atoms with van der Waals surface area (Å²) in [5.41, 5.74) is 0.435. The number of nitro benzene ring substituents is 1. The summed E-state index contributed by atoms with van der Waals surface area (Å²) in [5.74, 6) is -1.36. The smallest absolute Gasteiger partial charge is 0.338 e. The Morgan fingerprint density at radius 3 is 2.65 bits per heavy atom. The second kappa shape index (κ2) is 7.70. The van der Waals surface area contributed by atoms with E-state index in [0.29, 0.717) is 5.69 Å². The van der Waals surface area contributed by atoms with Crippen molar-refractivity contribution in [3.63, 3.8) is 0 Å². The van der Waals surface area contributed by atoms with Crippen LogP contribution in [0.5, 0.6) is 0 Å². The number of anilines is 1. The van der Waals surface area contributed by atoms with Crippen molar-refractivity contribution < 1.29 is 18.8 Å². The van der Waals surface area contributed by atoms with Crippen LogP contribution in [0.25, 0.3) is 0 Å². The number of rotatable bonds is 5. The number of hydrogen-bond acceptors (Lipinski definition) is 5. The highest BCUT2D eigenvalue weighted by atomic mass is 35.5. The Kier molecular flexibility index (Phi) is 5.37. The van der Waals surface area contributed by atoms with Crippen LogP contribution in [0, 0.1) is 15.9 Å². The van der Waals surface area contributed by atoms with E-state index in [0.717, 1.165) is 25.9 Å². The van der Waals surface area contributed by atoms with E-state index in [2.05, 4.69) is 0 Å². The van der Waals surface area contributed by atoms with E-state index >= 15 is 0 Å². The Hall–Kier alpha value is -2.67. The first-order valence-corrected chi connectivity index (χ1v) is 8.48. The highest BCUT2D eigenvalue weighted by molar-refractivity contribution is 6.31. The molecule has 0 amide bonds. The number of halogens is 2. The van der Waals surface area contributed by atoms with Gasteiger partial charge in [0.15, 0.2) is 0 Å². The van der Waals surface area contributed by atoms with Gasteiger partial charge in [0.05, 0.1) is 15.5 Å². The summed E-state index contributed by atoms with van der Waals surface area (Å²) in [5, 5.41) is 11.5. The highest BCUT2D eigenvalue weighted by Gasteiger charge is 2.24. The van der Waals surface area contributed by atoms with E-state index in [1.54, 1.807) is 6.07 Å². The summed E-state index contributed by atoms with van der Waals surface area (Å²) in [6.45, 7) is 1.14. The number of nitrogens with zero attached hydrogens (tertiary/aromatic N) is 2. The standard InChI is InChI=1S/C18H16ClFN2O4/c19-14-4-3-5-15(20)13(14)11-26-18(23)12-6-7-16(17(10-12)22(24)25)21-8-1-2-9-21/h3-7,10H,1-2,8-9,11H2. The third-order valence-corrected chi connectivity index (χ3v) is 4.62. The molecule has 8 heteroatoms. The number of nitro groups is 1. The van der Waals surface area contributed by atoms with Gasteiger partial charge in [-0.15, -0.1) is 0 Å². The van der Waals surface area contributed by atoms with Gasteiger partial charge in [-0.2, -0.15) is 0 Å². The monoisotopic (exact) mass is 378 g/mol. The van der Waals surface area contributed by atoms with Crippen molar-refractivity contribution in [3.05, 3.63) is 68.5 Å². The van der Waals surface area contributed by atoms with Crippen LogP contribution in [0.2, 0.25) is 5.02 Å². The number of carbonyl (C=O) groups excluding carboxylic acids is 1. The predicted octanol–water partition coefficient (Wildman–Crippen LogP) is 4.34. The average molecular weight is 379 g/mol. The molecule has 0 aromatic heterocycles. The molecule has 0 aliphatic carbocycles. The van der Waals surface area contributed by atoms with Crippen LogP contribution in [-0.4, -0.2) is 24.0 Å². The van der Waals surface area contributed by atoms with Crippen molar-refractivity contribution in [2.75, 3.05) is 18.0 Å². The molecule has 1 aliphatic rings. The first kappa shape index (κ1) is 18.1. The molecular weight excluding hydrogens is 363 g/mol. The molecular formula is C18H16ClFN2O4. The third-order valence-electron chi connectivity index (χ3n) is 4.26. The van der Waals surface area contributed by atoms with Gasteiger partial charge in [-0.25, -0.2) is 9.18 Å². The summed E-state index contributed by atoms with van der Waals surface area (Å²) < 4.78 is 18.8. The van der Waals surface area contributed by atoms with E-state index in [1.807, 2.05) is 4.90 Å². The fraction of sp³-hybridized carbons (Fsp3) is 0.278. The van der Waals surface area contributed by atoms with Gasteiger partial charge in [0.25, 0.3) is 5.69 Å². The Morgan fingerprint density at radius 1 is 1.27 bits per heavy atom. The van der Waals surface area contributed by atoms with Crippen molar-refractivity contribution in [1.82, 2.24) is 0 Å². The van der Waals surface area contributed by atoms with Crippen LogP contribution in [0.3, 0.4) is 0 Å². The van der Waals surface area contributed by atoms with Gasteiger partial charge >= 0.3 is 5.97 Å². The maximum Gasteiger partial charge on any atom is 0.338 e. The molecule has 0 bridgehead atoms. The molecule has 2 aromatic carbocycles. The van der Waals surface area contributed by atoms with Gasteiger partial charge in [-0.3, -0.25) is 10.1 Å². The van der Waals surface area contributed by atoms with Crippen LogP contribution in [-0.2, 0) is 11.3 Å². The van der Waals surface area contributed by atoms with Crippen LogP contribution in [0.15, 0.2) is 36.4 Å². The Bertz CT molecular complexity index is 833. The number of esters is 1. The zero-order valence-electron chi connectivity index (χ0n) is 13.8. The SMILES string of the molecule is O=C(OCc1c(F)cccc1Cl)c1ccc(N2CCCC2)c([N+](=O)[O-])c1. The Labute approximate surface area is 154 Å². The molecule has 1 aliphatic heterocycles. The Morgan fingerprint density at radius 2 is 2.00 bits per heavy atom. The van der Waals surface area contributed by atoms with Gasteiger partial charge in [0.2, 0.25) is 0 Å². The average Bonchev–Trinajstić information content (AvgIpc) is 3.15. The summed E-state index contributed by atoms with van der Waals surface area (Å²) in [6, 6.07) is 8.37. The third kappa shape index (κ3) is 3.77. The van der Waals surface area contributed by atoms with Gasteiger partial charge in [-0.1, -0.05) is 17.7 Å². The number of hydrogen-bond donors (Lipinski definition) is 0. The largest absolute Gasteiger partial charge is 0.457 e. The number of benzene rings is 2. The van der Waals surface area contributed by atoms with Crippen molar-refractivity contribution in [2.45, 2.75) is 19.4 Å². The fourth-order valence-electron chi connectivity index (χ4n) is 2.91. The normalized spacial score (nSPS) is 13.7. The molecule has 26 heavy (non-hydrogen) atoms. The van der Waals surface area contributed by atoms with E-state index in [1.165, 1.54) is 30.3 Å². The first-order chi connectivity index (χ1) is 12.5. The zero-order valence-corrected chi connectivity index (χ0v) is 14.5. The van der Waals surface area contributed by atoms with E-state index in [-0.39, 0.29) is 28.4 Å². The minimum atomic E-state index is -0.777. The predicted molar refractivity (Wildman–Crippen MR) is 95.1 cm³/mol. The lowest BCUT2D eigenvalue weighted by Gasteiger charge is -2.17. The fourth-order valence-corrected chi connectivity index (χ4v) is 3.13. The minimum Gasteiger partial charge on any atom is -0.457 e. The van der Waals surface area contributed by atoms with Crippen LogP contribution < -0.4 is 4.90 Å². The summed E-state index contributed by atoms with van der Waals surface area (Å²) in [6.07, 6.45) is 1.95. The molecule has 2 aromatic rings. The molecule has 136 valence electrons. The van der Waals surface area contributed by atoms with Gasteiger partial charge in [-0.05, 0) is 37.1 Å². The second-order valence-corrected chi connectivity index (χ2v) is 6.34. The van der Waals surface area contributed by atoms with Crippen molar-refractivity contribution in [2.24, 2.45) is 0 Å². The van der Waals surface area contributed by atoms with Crippen LogP contribution >= 0.6 is 11.6 Å². The van der Waals surface area contributed by atoms with Crippen molar-refractivity contribution in [3.8, 4) is 0 Å². The Balaban J connectivity index is 1.79. The van der Waals surface area contributed by atoms with Crippen LogP contribution in [0.4, 0.5) is 15.8 Å². The van der Waals surface area contributed by atoms with Gasteiger partial charge < -0.3 is 9.64 Å². The second-order valence-electron chi connectivity index (χ2n) is 5.93. The molecule has 0 atom stereocenters. The highest BCUT2D eigenvalue weighted by Crippen LogP contribution is 2.32. The lowest BCUT2D eigenvalue weighted by atomic mass is 10.1. The molecule has 0 saturated carbocycles. The molecule has 3 rings (SSSR count). The molecule has 1 heterocycles. The van der Waals surface area contributed by atoms with E-state index in [9.17, 15) is 19.3 Å². The maximum absolute atomic E-state index is 13.7. The summed E-state index contributed by atoms with van der Waals surface area (Å²) in [7, 11) is 0. The molecule has 1 saturated heterocycles. The molecule has 0 radical (unpaired) electrons. The lowest BCUT2D eigenvalue weighted by Crippen LogP contribution is -2.19. The topological polar surface area (TPSA) is 72.7 Å². The quantitative estimate of drug-likeness (QED) is 0.439. The van der Waals surface area contributed by atoms with E-state index < -0.39 is 16.7 Å². The first-order valence-electron chi connectivity index (χ1n) is 8.11. The van der Waals surface area contributed by atoms with Gasteiger partial charge in [0, 0.05) is 24.7 Å². The summed E-state index contributed by atoms with van der Waals surface area (Å²) in [4.78, 5) is 25.0. The molecule has 6 nitrogen and oxygen atoms in total. The van der Waals surface area contributed by atoms with Gasteiger partial charge in [0.1, 0.15) is 18.1 Å². The lowest BCUT2D eigenvalue weighted by molar-refractivity contribution is -0.384. The molecule has 1 fully saturated rings. The molecule has 0 spiro atoms. The molecule has 0 N–H and O–H groups in total. The molecule has 0 unspecified atom stereocenters. The zero-order chi connectivity index (χ0) is 18.7.